The molecule has 0 aliphatic carbocycles. The number of benzene rings is 2. The van der Waals surface area contributed by atoms with Crippen molar-refractivity contribution in [1.82, 2.24) is 0 Å². The van der Waals surface area contributed by atoms with Crippen LogP contribution in [0, 0.1) is 0 Å². The van der Waals surface area contributed by atoms with Gasteiger partial charge in [-0.1, -0.05) is 44.7 Å². The molecule has 0 aromatic heterocycles. The Morgan fingerprint density at radius 2 is 1.12 bits per heavy atom. The molecule has 3 rings (SSSR count). The Kier molecular flexibility index (Phi) is 5.66. The summed E-state index contributed by atoms with van der Waals surface area (Å²) in [4.78, 5) is 4.41. The Balaban J connectivity index is 2.22. The quantitative estimate of drug-likeness (QED) is 0.584. The second-order valence-corrected chi connectivity index (χ2v) is 13.4. The van der Waals surface area contributed by atoms with Crippen LogP contribution in [0.1, 0.15) is 12.8 Å². The molecule has 2 aromatic rings. The Morgan fingerprint density at radius 1 is 0.720 bits per heavy atom. The molecular formula is C20H26Br2N2Si. The van der Waals surface area contributed by atoms with Crippen LogP contribution in [0.3, 0.4) is 0 Å². The molecule has 0 saturated carbocycles. The minimum Gasteiger partial charge on any atom is -0.378 e. The fourth-order valence-corrected chi connectivity index (χ4v) is 12.0. The normalized spacial score (nSPS) is 16.1. The SMILES string of the molecule is CN(C)c1ccc(Br)c([Si]2(c3cc(N(C)C)ccc3Br)CCCC2)c1. The molecule has 0 unspecified atom stereocenters. The van der Waals surface area contributed by atoms with Crippen LogP contribution in [0.2, 0.25) is 12.1 Å². The highest BCUT2D eigenvalue weighted by Crippen LogP contribution is 2.35. The number of hydrogen-bond donors (Lipinski definition) is 0. The average Bonchev–Trinajstić information content (AvgIpc) is 3.05. The predicted molar refractivity (Wildman–Crippen MR) is 121 cm³/mol. The van der Waals surface area contributed by atoms with Crippen LogP contribution in [0.4, 0.5) is 11.4 Å². The van der Waals surface area contributed by atoms with Crippen molar-refractivity contribution in [1.29, 1.82) is 0 Å². The van der Waals surface area contributed by atoms with E-state index in [1.807, 2.05) is 0 Å². The van der Waals surface area contributed by atoms with Crippen LogP contribution in [0.15, 0.2) is 45.3 Å². The van der Waals surface area contributed by atoms with Crippen LogP contribution in [-0.2, 0) is 0 Å². The Labute approximate surface area is 169 Å². The fraction of sp³-hybridized carbons (Fsp3) is 0.400. The summed E-state index contributed by atoms with van der Waals surface area (Å²) in [6, 6.07) is 16.4. The molecule has 2 nitrogen and oxygen atoms in total. The second kappa shape index (κ2) is 7.45. The first-order valence-electron chi connectivity index (χ1n) is 8.80. The molecule has 0 bridgehead atoms. The maximum Gasteiger partial charge on any atom is 0.121 e. The number of hydrogen-bond acceptors (Lipinski definition) is 2. The molecule has 1 fully saturated rings. The van der Waals surface area contributed by atoms with E-state index in [0.717, 1.165) is 0 Å². The second-order valence-electron chi connectivity index (χ2n) is 7.41. The molecule has 0 N–H and O–H groups in total. The van der Waals surface area contributed by atoms with Crippen LogP contribution >= 0.6 is 31.9 Å². The minimum absolute atomic E-state index is 1.27. The standard InChI is InChI=1S/C20H26Br2N2Si/c1-23(2)15-7-9-17(21)19(13-15)25(11-5-6-12-25)20-14-16(24(3)4)8-10-18(20)22/h7-10,13-14H,5-6,11-12H2,1-4H3. The van der Waals surface area contributed by atoms with E-state index in [2.05, 4.69) is 106 Å². The van der Waals surface area contributed by atoms with Gasteiger partial charge < -0.3 is 9.80 Å². The lowest BCUT2D eigenvalue weighted by Crippen LogP contribution is -2.57. The smallest absolute Gasteiger partial charge is 0.121 e. The third-order valence-electron chi connectivity index (χ3n) is 5.42. The lowest BCUT2D eigenvalue weighted by molar-refractivity contribution is 0.935. The van der Waals surface area contributed by atoms with Crippen molar-refractivity contribution in [3.05, 3.63) is 45.3 Å². The van der Waals surface area contributed by atoms with Crippen molar-refractivity contribution in [3.8, 4) is 0 Å². The van der Waals surface area contributed by atoms with Crippen molar-refractivity contribution in [2.24, 2.45) is 0 Å². The Morgan fingerprint density at radius 3 is 1.48 bits per heavy atom. The van der Waals surface area contributed by atoms with Gasteiger partial charge >= 0.3 is 0 Å². The highest BCUT2D eigenvalue weighted by Gasteiger charge is 2.42. The maximum absolute atomic E-state index is 3.88. The molecule has 0 radical (unpaired) electrons. The Hall–Kier alpha value is -0.783. The molecule has 1 aliphatic rings. The lowest BCUT2D eigenvalue weighted by atomic mass is 10.3. The summed E-state index contributed by atoms with van der Waals surface area (Å²) in [5.74, 6) is 0. The van der Waals surface area contributed by atoms with Crippen LogP contribution < -0.4 is 20.2 Å². The summed E-state index contributed by atoms with van der Waals surface area (Å²) in [6.45, 7) is 0. The van der Waals surface area contributed by atoms with Crippen LogP contribution in [0.5, 0.6) is 0 Å². The monoisotopic (exact) mass is 480 g/mol. The predicted octanol–water partition coefficient (Wildman–Crippen LogP) is 4.70. The summed E-state index contributed by atoms with van der Waals surface area (Å²) >= 11 is 7.77. The molecule has 25 heavy (non-hydrogen) atoms. The summed E-state index contributed by atoms with van der Waals surface area (Å²) in [6.07, 6.45) is 2.67. The molecule has 1 aliphatic heterocycles. The van der Waals surface area contributed by atoms with Gasteiger partial charge in [-0.15, -0.1) is 0 Å². The third kappa shape index (κ3) is 3.56. The van der Waals surface area contributed by atoms with E-state index < -0.39 is 8.07 Å². The summed E-state index contributed by atoms with van der Waals surface area (Å²) in [5.41, 5.74) is 2.58. The van der Waals surface area contributed by atoms with Gasteiger partial charge in [-0.05, 0) is 58.9 Å². The van der Waals surface area contributed by atoms with Crippen LogP contribution in [0.25, 0.3) is 0 Å². The van der Waals surface area contributed by atoms with Crippen molar-refractivity contribution >= 4 is 61.7 Å². The molecule has 0 amide bonds. The zero-order valence-corrected chi connectivity index (χ0v) is 19.6. The van der Waals surface area contributed by atoms with Crippen molar-refractivity contribution < 1.29 is 0 Å². The summed E-state index contributed by atoms with van der Waals surface area (Å²) < 4.78 is 2.54. The van der Waals surface area contributed by atoms with Gasteiger partial charge in [0.25, 0.3) is 0 Å². The zero-order chi connectivity index (χ0) is 18.2. The fourth-order valence-electron chi connectivity index (χ4n) is 3.98. The molecule has 0 spiro atoms. The van der Waals surface area contributed by atoms with Gasteiger partial charge in [-0.25, -0.2) is 0 Å². The first kappa shape index (κ1) is 19.0. The van der Waals surface area contributed by atoms with Gasteiger partial charge in [-0.3, -0.25) is 0 Å². The van der Waals surface area contributed by atoms with E-state index in [1.165, 1.54) is 45.3 Å². The third-order valence-corrected chi connectivity index (χ3v) is 12.8. The van der Waals surface area contributed by atoms with Crippen molar-refractivity contribution in [2.45, 2.75) is 24.9 Å². The number of rotatable bonds is 4. The van der Waals surface area contributed by atoms with E-state index in [-0.39, 0.29) is 0 Å². The van der Waals surface area contributed by atoms with Crippen molar-refractivity contribution in [2.75, 3.05) is 38.0 Å². The number of nitrogens with zero attached hydrogens (tertiary/aromatic N) is 2. The molecule has 2 aromatic carbocycles. The molecule has 1 saturated heterocycles. The van der Waals surface area contributed by atoms with Gasteiger partial charge in [0.1, 0.15) is 8.07 Å². The van der Waals surface area contributed by atoms with Crippen LogP contribution in [-0.4, -0.2) is 36.3 Å². The lowest BCUT2D eigenvalue weighted by Gasteiger charge is -2.32. The highest BCUT2D eigenvalue weighted by molar-refractivity contribution is 9.11. The van der Waals surface area contributed by atoms with Gasteiger partial charge in [0.2, 0.25) is 0 Å². The van der Waals surface area contributed by atoms with Gasteiger partial charge in [0.05, 0.1) is 0 Å². The van der Waals surface area contributed by atoms with E-state index in [9.17, 15) is 0 Å². The van der Waals surface area contributed by atoms with E-state index in [1.54, 1.807) is 10.4 Å². The zero-order valence-electron chi connectivity index (χ0n) is 15.4. The first-order valence-corrected chi connectivity index (χ1v) is 12.8. The van der Waals surface area contributed by atoms with Gasteiger partial charge in [0.15, 0.2) is 0 Å². The van der Waals surface area contributed by atoms with E-state index >= 15 is 0 Å². The molecular weight excluding hydrogens is 456 g/mol. The van der Waals surface area contributed by atoms with Gasteiger partial charge in [-0.2, -0.15) is 0 Å². The highest BCUT2D eigenvalue weighted by atomic mass is 79.9. The number of halogens is 2. The molecule has 1 heterocycles. The number of anilines is 2. The molecule has 134 valence electrons. The molecule has 5 heteroatoms. The maximum atomic E-state index is 3.88. The van der Waals surface area contributed by atoms with Crippen molar-refractivity contribution in [3.63, 3.8) is 0 Å². The average molecular weight is 482 g/mol. The van der Waals surface area contributed by atoms with E-state index in [4.69, 9.17) is 0 Å². The van der Waals surface area contributed by atoms with E-state index in [0.29, 0.717) is 0 Å². The molecule has 0 atom stereocenters. The summed E-state index contributed by atoms with van der Waals surface area (Å²) in [5, 5.41) is 3.10. The minimum atomic E-state index is -1.78. The Bertz CT molecular complexity index is 709. The first-order chi connectivity index (χ1) is 11.8. The largest absolute Gasteiger partial charge is 0.378 e. The van der Waals surface area contributed by atoms with Gasteiger partial charge in [0, 0.05) is 48.5 Å². The summed E-state index contributed by atoms with van der Waals surface area (Å²) in [7, 11) is 6.72. The topological polar surface area (TPSA) is 6.48 Å².